The number of carbonyl (C=O) groups excluding carboxylic acids is 1. The Balaban J connectivity index is 1.50. The van der Waals surface area contributed by atoms with Crippen molar-refractivity contribution in [1.82, 2.24) is 25.1 Å². The van der Waals surface area contributed by atoms with Gasteiger partial charge in [-0.25, -0.2) is 9.37 Å². The number of aromatic amines is 2. The van der Waals surface area contributed by atoms with Gasteiger partial charge in [0.05, 0.1) is 23.1 Å². The van der Waals surface area contributed by atoms with Crippen LogP contribution in [0.4, 0.5) is 10.1 Å². The van der Waals surface area contributed by atoms with Gasteiger partial charge < -0.3 is 10.3 Å². The molecule has 0 radical (unpaired) electrons. The van der Waals surface area contributed by atoms with E-state index in [-0.39, 0.29) is 11.7 Å². The van der Waals surface area contributed by atoms with Gasteiger partial charge in [0.15, 0.2) is 5.82 Å². The fourth-order valence-corrected chi connectivity index (χ4v) is 4.52. The number of hydrogen-bond acceptors (Lipinski definition) is 4. The van der Waals surface area contributed by atoms with Crippen LogP contribution >= 0.6 is 0 Å². The summed E-state index contributed by atoms with van der Waals surface area (Å²) in [7, 11) is 0. The van der Waals surface area contributed by atoms with E-state index >= 15 is 0 Å². The number of nitrogens with one attached hydrogen (secondary N) is 3. The zero-order chi connectivity index (χ0) is 27.4. The van der Waals surface area contributed by atoms with Gasteiger partial charge in [0.25, 0.3) is 0 Å². The number of anilines is 1. The molecular formula is C31H29FN6O. The van der Waals surface area contributed by atoms with Crippen molar-refractivity contribution < 1.29 is 9.18 Å². The van der Waals surface area contributed by atoms with Gasteiger partial charge in [-0.1, -0.05) is 50.3 Å². The van der Waals surface area contributed by atoms with Gasteiger partial charge in [0.2, 0.25) is 5.91 Å². The number of rotatable bonds is 9. The number of unbranched alkanes of at least 4 members (excludes halogenated alkanes) is 1. The normalized spacial score (nSPS) is 11.6. The predicted molar refractivity (Wildman–Crippen MR) is 153 cm³/mol. The number of aromatic nitrogens is 5. The number of fused-ring (bicyclic) bond motifs is 1. The van der Waals surface area contributed by atoms with Gasteiger partial charge >= 0.3 is 0 Å². The molecule has 0 atom stereocenters. The van der Waals surface area contributed by atoms with Crippen LogP contribution in [-0.2, 0) is 4.79 Å². The number of imidazole rings is 1. The highest BCUT2D eigenvalue weighted by molar-refractivity contribution is 5.95. The summed E-state index contributed by atoms with van der Waals surface area (Å²) < 4.78 is 14.0. The molecule has 0 saturated heterocycles. The molecular weight excluding hydrogens is 491 g/mol. The second-order valence-corrected chi connectivity index (χ2v) is 9.33. The average molecular weight is 521 g/mol. The average Bonchev–Trinajstić information content (AvgIpc) is 3.53. The maximum Gasteiger partial charge on any atom is 0.224 e. The Kier molecular flexibility index (Phi) is 7.45. The molecule has 0 unspecified atom stereocenters. The third-order valence-corrected chi connectivity index (χ3v) is 6.46. The number of nitrogens with zero attached hydrogens (tertiary/aromatic N) is 3. The third kappa shape index (κ3) is 5.55. The number of allylic oxidation sites excluding steroid dienone is 2. The molecule has 3 N–H and O–H groups in total. The van der Waals surface area contributed by atoms with Crippen LogP contribution in [0, 0.1) is 12.7 Å². The number of aryl methyl sites for hydroxylation is 1. The smallest absolute Gasteiger partial charge is 0.224 e. The predicted octanol–water partition coefficient (Wildman–Crippen LogP) is 7.21. The van der Waals surface area contributed by atoms with Crippen molar-refractivity contribution in [2.45, 2.75) is 33.1 Å². The fraction of sp³-hybridized carbons (Fsp3) is 0.161. The maximum atomic E-state index is 14.0. The van der Waals surface area contributed by atoms with Crippen LogP contribution in [0.5, 0.6) is 0 Å². The van der Waals surface area contributed by atoms with E-state index in [9.17, 15) is 9.18 Å². The SMILES string of the molecule is C=C/C=C(/c1cccc(F)c1)c1nc(-c2n[nH]c3ccc(-c4cncc(NC(=O)CCCC)c4)cc23)[nH]c1C. The van der Waals surface area contributed by atoms with Gasteiger partial charge in [0, 0.05) is 34.8 Å². The highest BCUT2D eigenvalue weighted by Gasteiger charge is 2.18. The number of carbonyl (C=O) groups is 1. The molecule has 0 bridgehead atoms. The van der Waals surface area contributed by atoms with E-state index in [0.29, 0.717) is 34.9 Å². The van der Waals surface area contributed by atoms with Crippen molar-refractivity contribution in [3.8, 4) is 22.6 Å². The summed E-state index contributed by atoms with van der Waals surface area (Å²) in [6.07, 6.45) is 9.20. The second-order valence-electron chi connectivity index (χ2n) is 9.33. The first-order valence-electron chi connectivity index (χ1n) is 12.9. The highest BCUT2D eigenvalue weighted by Crippen LogP contribution is 2.32. The fourth-order valence-electron chi connectivity index (χ4n) is 4.52. The Morgan fingerprint density at radius 2 is 2.00 bits per heavy atom. The van der Waals surface area contributed by atoms with Crippen LogP contribution in [0.15, 0.2) is 79.7 Å². The molecule has 3 heterocycles. The molecule has 0 fully saturated rings. The Labute approximate surface area is 225 Å². The summed E-state index contributed by atoms with van der Waals surface area (Å²) in [5, 5.41) is 11.4. The zero-order valence-corrected chi connectivity index (χ0v) is 21.9. The molecule has 3 aromatic heterocycles. The van der Waals surface area contributed by atoms with E-state index in [4.69, 9.17) is 4.98 Å². The monoisotopic (exact) mass is 520 g/mol. The first kappa shape index (κ1) is 25.8. The first-order valence-corrected chi connectivity index (χ1v) is 12.9. The minimum atomic E-state index is -0.319. The second kappa shape index (κ2) is 11.3. The van der Waals surface area contributed by atoms with Gasteiger partial charge in [-0.3, -0.25) is 14.9 Å². The van der Waals surface area contributed by atoms with Crippen LogP contribution in [-0.4, -0.2) is 31.1 Å². The van der Waals surface area contributed by atoms with E-state index in [1.165, 1.54) is 12.1 Å². The Morgan fingerprint density at radius 1 is 1.13 bits per heavy atom. The number of hydrogen-bond donors (Lipinski definition) is 3. The largest absolute Gasteiger partial charge is 0.340 e. The molecule has 0 saturated carbocycles. The van der Waals surface area contributed by atoms with E-state index in [1.807, 2.05) is 43.3 Å². The first-order chi connectivity index (χ1) is 19.0. The highest BCUT2D eigenvalue weighted by atomic mass is 19.1. The lowest BCUT2D eigenvalue weighted by molar-refractivity contribution is -0.116. The number of halogens is 1. The summed E-state index contributed by atoms with van der Waals surface area (Å²) in [6, 6.07) is 14.3. The minimum Gasteiger partial charge on any atom is -0.340 e. The number of H-pyrrole nitrogens is 2. The lowest BCUT2D eigenvalue weighted by Crippen LogP contribution is -2.11. The van der Waals surface area contributed by atoms with Crippen molar-refractivity contribution >= 4 is 28.1 Å². The molecule has 196 valence electrons. The molecule has 0 aliphatic carbocycles. The van der Waals surface area contributed by atoms with Crippen molar-refractivity contribution in [2.75, 3.05) is 5.32 Å². The van der Waals surface area contributed by atoms with E-state index < -0.39 is 0 Å². The van der Waals surface area contributed by atoms with Gasteiger partial charge in [-0.2, -0.15) is 5.10 Å². The van der Waals surface area contributed by atoms with Crippen molar-refractivity contribution in [1.29, 1.82) is 0 Å². The van der Waals surface area contributed by atoms with E-state index in [0.717, 1.165) is 46.1 Å². The molecule has 5 rings (SSSR count). The molecule has 39 heavy (non-hydrogen) atoms. The summed E-state index contributed by atoms with van der Waals surface area (Å²) in [6.45, 7) is 7.80. The van der Waals surface area contributed by atoms with E-state index in [1.54, 1.807) is 24.5 Å². The third-order valence-electron chi connectivity index (χ3n) is 6.46. The summed E-state index contributed by atoms with van der Waals surface area (Å²) >= 11 is 0. The number of benzene rings is 2. The molecule has 8 heteroatoms. The molecule has 7 nitrogen and oxygen atoms in total. The molecule has 2 aromatic carbocycles. The van der Waals surface area contributed by atoms with Crippen molar-refractivity contribution in [2.24, 2.45) is 0 Å². The quantitative estimate of drug-likeness (QED) is 0.179. The maximum absolute atomic E-state index is 14.0. The van der Waals surface area contributed by atoms with Crippen LogP contribution in [0.25, 0.3) is 39.1 Å². The van der Waals surface area contributed by atoms with Gasteiger partial charge in [0.1, 0.15) is 11.5 Å². The summed E-state index contributed by atoms with van der Waals surface area (Å²) in [5.74, 6) is 0.253. The lowest BCUT2D eigenvalue weighted by atomic mass is 10.0. The van der Waals surface area contributed by atoms with Crippen LogP contribution < -0.4 is 5.32 Å². The Hall–Kier alpha value is -4.85. The minimum absolute atomic E-state index is 0.0181. The Morgan fingerprint density at radius 3 is 2.79 bits per heavy atom. The molecule has 1 amide bonds. The molecule has 0 aliphatic heterocycles. The van der Waals surface area contributed by atoms with Crippen LogP contribution in [0.2, 0.25) is 0 Å². The van der Waals surface area contributed by atoms with Crippen LogP contribution in [0.3, 0.4) is 0 Å². The number of pyridine rings is 1. The number of amides is 1. The van der Waals surface area contributed by atoms with Gasteiger partial charge in [-0.15, -0.1) is 0 Å². The molecule has 0 spiro atoms. The summed E-state index contributed by atoms with van der Waals surface area (Å²) in [4.78, 5) is 24.7. The molecule has 5 aromatic rings. The summed E-state index contributed by atoms with van der Waals surface area (Å²) in [5.41, 5.74) is 6.96. The standard InChI is InChI=1S/C31H29FN6O/c1-4-6-11-28(39)35-24-15-22(17-33-18-24)20-12-13-27-26(16-20)30(38-37-27)31-34-19(3)29(36-31)25(8-5-2)21-9-7-10-23(32)14-21/h5,7-10,12-18H,2,4,6,11H2,1,3H3,(H,34,36)(H,35,39)(H,37,38)/b25-8-. The van der Waals surface area contributed by atoms with Crippen LogP contribution in [0.1, 0.15) is 43.1 Å². The molecule has 0 aliphatic rings. The Bertz CT molecular complexity index is 1700. The van der Waals surface area contributed by atoms with Crippen molar-refractivity contribution in [3.63, 3.8) is 0 Å². The zero-order valence-electron chi connectivity index (χ0n) is 21.9. The topological polar surface area (TPSA) is 99.3 Å². The van der Waals surface area contributed by atoms with Gasteiger partial charge in [-0.05, 0) is 54.8 Å². The lowest BCUT2D eigenvalue weighted by Gasteiger charge is -2.07. The van der Waals surface area contributed by atoms with Crippen molar-refractivity contribution in [3.05, 3.63) is 102 Å². The van der Waals surface area contributed by atoms with E-state index in [2.05, 4.69) is 39.0 Å².